The Kier molecular flexibility index (Phi) is 5.60. The Hall–Kier alpha value is -0.380. The number of esters is 1. The lowest BCUT2D eigenvalue weighted by Crippen LogP contribution is -2.34. The van der Waals surface area contributed by atoms with Crippen LogP contribution in [0.2, 0.25) is 0 Å². The number of hydrogen-bond donors (Lipinski definition) is 1. The fourth-order valence-corrected chi connectivity index (χ4v) is 2.34. The Morgan fingerprint density at radius 2 is 1.79 bits per heavy atom. The average molecular weight is 487 g/mol. The van der Waals surface area contributed by atoms with Crippen LogP contribution in [0.25, 0.3) is 0 Å². The summed E-state index contributed by atoms with van der Waals surface area (Å²) in [5.74, 6) is -2.38. The maximum absolute atomic E-state index is 12.1. The molecule has 1 aromatic rings. The van der Waals surface area contributed by atoms with Crippen LogP contribution in [0.15, 0.2) is 18.2 Å². The van der Waals surface area contributed by atoms with Crippen LogP contribution in [0.5, 0.6) is 0 Å². The van der Waals surface area contributed by atoms with E-state index in [0.717, 1.165) is 7.14 Å². The van der Waals surface area contributed by atoms with Crippen molar-refractivity contribution in [3.8, 4) is 0 Å². The van der Waals surface area contributed by atoms with Crippen molar-refractivity contribution in [3.05, 3.63) is 30.9 Å². The molecule has 1 unspecified atom stereocenters. The van der Waals surface area contributed by atoms with Gasteiger partial charge in [0.1, 0.15) is 5.60 Å². The number of ether oxygens (including phenoxy) is 1. The lowest BCUT2D eigenvalue weighted by Gasteiger charge is -2.23. The molecule has 0 aliphatic heterocycles. The highest BCUT2D eigenvalue weighted by Crippen LogP contribution is 2.24. The lowest BCUT2D eigenvalue weighted by molar-refractivity contribution is -0.158. The zero-order valence-electron chi connectivity index (χ0n) is 10.9. The van der Waals surface area contributed by atoms with Gasteiger partial charge in [0.05, 0.1) is 0 Å². The molecule has 4 nitrogen and oxygen atoms in total. The summed E-state index contributed by atoms with van der Waals surface area (Å²) in [5, 5.41) is 0. The van der Waals surface area contributed by atoms with Crippen molar-refractivity contribution < 1.29 is 14.3 Å². The summed E-state index contributed by atoms with van der Waals surface area (Å²) in [6, 6.07) is 5.35. The Morgan fingerprint density at radius 1 is 1.21 bits per heavy atom. The summed E-state index contributed by atoms with van der Waals surface area (Å²) < 4.78 is 7.26. The number of benzene rings is 1. The minimum Gasteiger partial charge on any atom is -0.459 e. The number of primary amides is 1. The van der Waals surface area contributed by atoms with Gasteiger partial charge < -0.3 is 10.5 Å². The third-order valence-electron chi connectivity index (χ3n) is 2.20. The van der Waals surface area contributed by atoms with Gasteiger partial charge in [0, 0.05) is 7.14 Å². The van der Waals surface area contributed by atoms with Crippen LogP contribution in [-0.4, -0.2) is 17.5 Å². The highest BCUT2D eigenvalue weighted by molar-refractivity contribution is 14.1. The minimum absolute atomic E-state index is 0.562. The van der Waals surface area contributed by atoms with Gasteiger partial charge in [-0.1, -0.05) is 6.07 Å². The summed E-state index contributed by atoms with van der Waals surface area (Å²) in [5.41, 5.74) is 5.24. The summed E-state index contributed by atoms with van der Waals surface area (Å²) in [7, 11) is 0. The number of carbonyl (C=O) groups excluding carboxylic acids is 2. The van der Waals surface area contributed by atoms with Crippen LogP contribution in [0.1, 0.15) is 32.3 Å². The van der Waals surface area contributed by atoms with Crippen molar-refractivity contribution >= 4 is 57.1 Å². The van der Waals surface area contributed by atoms with Gasteiger partial charge in [-0.2, -0.15) is 0 Å². The summed E-state index contributed by atoms with van der Waals surface area (Å²) in [6.07, 6.45) is 0. The fraction of sp³-hybridized carbons (Fsp3) is 0.385. The van der Waals surface area contributed by atoms with Crippen LogP contribution in [0.3, 0.4) is 0 Å². The van der Waals surface area contributed by atoms with Crippen molar-refractivity contribution in [2.45, 2.75) is 32.3 Å². The minimum atomic E-state index is -1.07. The molecule has 1 aromatic carbocycles. The smallest absolute Gasteiger partial charge is 0.323 e. The van der Waals surface area contributed by atoms with E-state index < -0.39 is 23.4 Å². The molecule has 0 bridgehead atoms. The molecule has 2 N–H and O–H groups in total. The molecule has 6 heteroatoms. The normalized spacial score (nSPS) is 12.9. The van der Waals surface area contributed by atoms with Crippen molar-refractivity contribution in [1.82, 2.24) is 0 Å². The monoisotopic (exact) mass is 487 g/mol. The average Bonchev–Trinajstić information content (AvgIpc) is 2.20. The molecular weight excluding hydrogens is 472 g/mol. The maximum Gasteiger partial charge on any atom is 0.323 e. The predicted octanol–water partition coefficient (Wildman–Crippen LogP) is 2.81. The van der Waals surface area contributed by atoms with Gasteiger partial charge in [-0.05, 0) is 83.6 Å². The zero-order valence-corrected chi connectivity index (χ0v) is 15.2. The Morgan fingerprint density at radius 3 is 2.21 bits per heavy atom. The van der Waals surface area contributed by atoms with Crippen LogP contribution >= 0.6 is 45.2 Å². The van der Waals surface area contributed by atoms with Gasteiger partial charge in [0.2, 0.25) is 5.91 Å². The first kappa shape index (κ1) is 16.7. The molecule has 1 amide bonds. The lowest BCUT2D eigenvalue weighted by atomic mass is 9.98. The number of nitrogens with two attached hydrogens (primary N) is 1. The molecule has 0 saturated heterocycles. The first-order valence-electron chi connectivity index (χ1n) is 5.59. The molecule has 104 valence electrons. The van der Waals surface area contributed by atoms with Crippen LogP contribution in [0.4, 0.5) is 0 Å². The van der Waals surface area contributed by atoms with Crippen LogP contribution < -0.4 is 5.73 Å². The van der Waals surface area contributed by atoms with Crippen molar-refractivity contribution in [2.24, 2.45) is 5.73 Å². The predicted molar refractivity (Wildman–Crippen MR) is 89.7 cm³/mol. The van der Waals surface area contributed by atoms with E-state index in [1.54, 1.807) is 32.9 Å². The summed E-state index contributed by atoms with van der Waals surface area (Å²) in [6.45, 7) is 5.25. The molecule has 0 aromatic heterocycles. The summed E-state index contributed by atoms with van der Waals surface area (Å²) in [4.78, 5) is 23.6. The van der Waals surface area contributed by atoms with Gasteiger partial charge in [0.25, 0.3) is 0 Å². The quantitative estimate of drug-likeness (QED) is 0.406. The van der Waals surface area contributed by atoms with Gasteiger partial charge in [0.15, 0.2) is 5.92 Å². The van der Waals surface area contributed by atoms with E-state index in [0.29, 0.717) is 5.56 Å². The topological polar surface area (TPSA) is 69.4 Å². The van der Waals surface area contributed by atoms with Crippen molar-refractivity contribution in [1.29, 1.82) is 0 Å². The highest BCUT2D eigenvalue weighted by atomic mass is 127. The fourth-order valence-electron chi connectivity index (χ4n) is 1.47. The Balaban J connectivity index is 3.10. The molecule has 0 heterocycles. The van der Waals surface area contributed by atoms with Crippen LogP contribution in [0, 0.1) is 7.14 Å². The van der Waals surface area contributed by atoms with Crippen LogP contribution in [-0.2, 0) is 14.3 Å². The number of halogens is 2. The standard InChI is InChI=1S/C13H15I2NO3/c1-13(2,3)19-12(18)10(11(16)17)7-4-5-8(14)9(15)6-7/h4-6,10H,1-3H3,(H2,16,17). The number of carbonyl (C=O) groups is 2. The molecule has 0 radical (unpaired) electrons. The van der Waals surface area contributed by atoms with Crippen molar-refractivity contribution in [3.63, 3.8) is 0 Å². The largest absolute Gasteiger partial charge is 0.459 e. The van der Waals surface area contributed by atoms with E-state index in [9.17, 15) is 9.59 Å². The molecule has 1 rings (SSSR count). The SMILES string of the molecule is CC(C)(C)OC(=O)C(C(N)=O)c1ccc(I)c(I)c1. The van der Waals surface area contributed by atoms with E-state index in [1.807, 2.05) is 6.07 Å². The van der Waals surface area contributed by atoms with Crippen molar-refractivity contribution in [2.75, 3.05) is 0 Å². The first-order chi connectivity index (χ1) is 8.61. The van der Waals surface area contributed by atoms with E-state index in [-0.39, 0.29) is 0 Å². The van der Waals surface area contributed by atoms with Gasteiger partial charge in [-0.3, -0.25) is 9.59 Å². The van der Waals surface area contributed by atoms with E-state index in [2.05, 4.69) is 45.2 Å². The Labute approximate surface area is 139 Å². The van der Waals surface area contributed by atoms with E-state index >= 15 is 0 Å². The van der Waals surface area contributed by atoms with E-state index in [4.69, 9.17) is 10.5 Å². The molecule has 0 spiro atoms. The molecule has 0 fully saturated rings. The molecular formula is C13H15I2NO3. The zero-order chi connectivity index (χ0) is 14.8. The highest BCUT2D eigenvalue weighted by Gasteiger charge is 2.31. The maximum atomic E-state index is 12.1. The van der Waals surface area contributed by atoms with Gasteiger partial charge in [-0.15, -0.1) is 0 Å². The molecule has 0 aliphatic carbocycles. The van der Waals surface area contributed by atoms with Gasteiger partial charge >= 0.3 is 5.97 Å². The second kappa shape index (κ2) is 6.38. The van der Waals surface area contributed by atoms with Gasteiger partial charge in [-0.25, -0.2) is 0 Å². The molecule has 1 atom stereocenters. The second-order valence-corrected chi connectivity index (χ2v) is 7.37. The molecule has 0 saturated carbocycles. The third-order valence-corrected chi connectivity index (χ3v) is 5.07. The number of amides is 1. The number of hydrogen-bond acceptors (Lipinski definition) is 3. The first-order valence-corrected chi connectivity index (χ1v) is 7.74. The summed E-state index contributed by atoms with van der Waals surface area (Å²) >= 11 is 4.33. The molecule has 19 heavy (non-hydrogen) atoms. The second-order valence-electron chi connectivity index (χ2n) is 5.04. The van der Waals surface area contributed by atoms with E-state index in [1.165, 1.54) is 0 Å². The number of rotatable bonds is 3. The molecule has 0 aliphatic rings. The Bertz CT molecular complexity index is 509. The third kappa shape index (κ3) is 4.90.